The molecular weight excluding hydrogens is 110 g/mol. The van der Waals surface area contributed by atoms with Gasteiger partial charge in [-0.2, -0.15) is 0 Å². The Morgan fingerprint density at radius 1 is 1.56 bits per heavy atom. The maximum atomic E-state index is 4.28. The van der Waals surface area contributed by atoms with E-state index in [9.17, 15) is 0 Å². The van der Waals surface area contributed by atoms with Gasteiger partial charge in [0.05, 0.1) is 5.54 Å². The highest BCUT2D eigenvalue weighted by molar-refractivity contribution is 5.75. The van der Waals surface area contributed by atoms with E-state index in [4.69, 9.17) is 0 Å². The van der Waals surface area contributed by atoms with Gasteiger partial charge >= 0.3 is 0 Å². The summed E-state index contributed by atoms with van der Waals surface area (Å²) in [6.07, 6.45) is 8.57. The molecular formula is C8H10N. The van der Waals surface area contributed by atoms with E-state index < -0.39 is 0 Å². The Labute approximate surface area is 55.5 Å². The van der Waals surface area contributed by atoms with Crippen LogP contribution in [0.1, 0.15) is 12.8 Å². The van der Waals surface area contributed by atoms with Crippen LogP contribution in [-0.4, -0.2) is 11.8 Å². The third-order valence-electron chi connectivity index (χ3n) is 2.07. The van der Waals surface area contributed by atoms with E-state index in [0.717, 1.165) is 5.92 Å². The zero-order valence-electron chi connectivity index (χ0n) is 5.38. The summed E-state index contributed by atoms with van der Waals surface area (Å²) in [6.45, 7) is 4.05. The van der Waals surface area contributed by atoms with E-state index >= 15 is 0 Å². The fourth-order valence-corrected chi connectivity index (χ4v) is 1.26. The molecule has 0 aromatic heterocycles. The molecule has 1 saturated carbocycles. The van der Waals surface area contributed by atoms with Gasteiger partial charge in [0.15, 0.2) is 0 Å². The van der Waals surface area contributed by atoms with Gasteiger partial charge in [0.25, 0.3) is 0 Å². The number of hydrogen-bond acceptors (Lipinski definition) is 1. The molecule has 0 aromatic rings. The Morgan fingerprint density at radius 3 is 2.78 bits per heavy atom. The predicted octanol–water partition coefficient (Wildman–Crippen LogP) is 1.61. The van der Waals surface area contributed by atoms with Crippen molar-refractivity contribution in [3.05, 3.63) is 19.1 Å². The molecule has 0 bridgehead atoms. The molecule has 2 aliphatic rings. The van der Waals surface area contributed by atoms with Crippen LogP contribution in [0, 0.1) is 12.8 Å². The Balaban J connectivity index is 2.22. The average molecular weight is 120 g/mol. The molecule has 9 heavy (non-hydrogen) atoms. The molecule has 1 heteroatoms. The van der Waals surface area contributed by atoms with Gasteiger partial charge in [-0.25, -0.2) is 0 Å². The Hall–Kier alpha value is -0.590. The first kappa shape index (κ1) is 5.21. The van der Waals surface area contributed by atoms with Crippen molar-refractivity contribution in [1.29, 1.82) is 0 Å². The molecule has 47 valence electrons. The van der Waals surface area contributed by atoms with Crippen LogP contribution in [0.25, 0.3) is 0 Å². The van der Waals surface area contributed by atoms with Crippen molar-refractivity contribution in [2.45, 2.75) is 18.4 Å². The summed E-state index contributed by atoms with van der Waals surface area (Å²) in [4.78, 5) is 4.28. The molecule has 1 heterocycles. The molecule has 0 N–H and O–H groups in total. The SMILES string of the molecule is [CH2]C1(C2CC2)C=CC=N1. The first-order valence-electron chi connectivity index (χ1n) is 3.40. The zero-order valence-corrected chi connectivity index (χ0v) is 5.38. The van der Waals surface area contributed by atoms with Crippen LogP contribution in [0.3, 0.4) is 0 Å². The molecule has 0 aromatic carbocycles. The van der Waals surface area contributed by atoms with Gasteiger partial charge in [-0.15, -0.1) is 0 Å². The van der Waals surface area contributed by atoms with Crippen LogP contribution < -0.4 is 0 Å². The van der Waals surface area contributed by atoms with Crippen LogP contribution in [0.15, 0.2) is 17.1 Å². The molecule has 1 aliphatic carbocycles. The zero-order chi connectivity index (χ0) is 6.32. The van der Waals surface area contributed by atoms with Crippen LogP contribution in [0.4, 0.5) is 0 Å². The van der Waals surface area contributed by atoms with Gasteiger partial charge in [0, 0.05) is 6.21 Å². The number of rotatable bonds is 1. The molecule has 1 aliphatic heterocycles. The van der Waals surface area contributed by atoms with Gasteiger partial charge in [-0.3, -0.25) is 4.99 Å². The molecule has 1 radical (unpaired) electrons. The number of nitrogens with zero attached hydrogens (tertiary/aromatic N) is 1. The molecule has 1 atom stereocenters. The minimum atomic E-state index is -0.0556. The number of aliphatic imine (C=N–C) groups is 1. The molecule has 0 spiro atoms. The molecule has 1 unspecified atom stereocenters. The lowest BCUT2D eigenvalue weighted by atomic mass is 9.98. The van der Waals surface area contributed by atoms with Crippen molar-refractivity contribution < 1.29 is 0 Å². The lowest BCUT2D eigenvalue weighted by molar-refractivity contribution is 0.579. The van der Waals surface area contributed by atoms with Gasteiger partial charge in [0.1, 0.15) is 0 Å². The predicted molar refractivity (Wildman–Crippen MR) is 38.4 cm³/mol. The van der Waals surface area contributed by atoms with E-state index in [1.807, 2.05) is 12.3 Å². The summed E-state index contributed by atoms with van der Waals surface area (Å²) < 4.78 is 0. The van der Waals surface area contributed by atoms with Gasteiger partial charge in [-0.05, 0) is 31.8 Å². The summed E-state index contributed by atoms with van der Waals surface area (Å²) in [5.74, 6) is 0.743. The van der Waals surface area contributed by atoms with E-state index in [0.29, 0.717) is 0 Å². The van der Waals surface area contributed by atoms with Gasteiger partial charge in [-0.1, -0.05) is 6.08 Å². The van der Waals surface area contributed by atoms with Crippen molar-refractivity contribution in [1.82, 2.24) is 0 Å². The second-order valence-corrected chi connectivity index (χ2v) is 2.90. The third-order valence-corrected chi connectivity index (χ3v) is 2.07. The molecule has 1 nitrogen and oxygen atoms in total. The third kappa shape index (κ3) is 0.716. The summed E-state index contributed by atoms with van der Waals surface area (Å²) >= 11 is 0. The highest BCUT2D eigenvalue weighted by atomic mass is 14.9. The molecule has 0 saturated heterocycles. The summed E-state index contributed by atoms with van der Waals surface area (Å²) in [5, 5.41) is 0. The Morgan fingerprint density at radius 2 is 2.33 bits per heavy atom. The second kappa shape index (κ2) is 1.47. The number of allylic oxidation sites excluding steroid dienone is 1. The van der Waals surface area contributed by atoms with Crippen LogP contribution in [0.2, 0.25) is 0 Å². The second-order valence-electron chi connectivity index (χ2n) is 2.90. The maximum Gasteiger partial charge on any atom is 0.0820 e. The van der Waals surface area contributed by atoms with Crippen LogP contribution >= 0.6 is 0 Å². The topological polar surface area (TPSA) is 12.4 Å². The van der Waals surface area contributed by atoms with E-state index in [2.05, 4.69) is 18.0 Å². The first-order chi connectivity index (χ1) is 4.31. The summed E-state index contributed by atoms with van der Waals surface area (Å²) in [7, 11) is 0. The van der Waals surface area contributed by atoms with Gasteiger partial charge < -0.3 is 0 Å². The van der Waals surface area contributed by atoms with Gasteiger partial charge in [0.2, 0.25) is 0 Å². The molecule has 1 fully saturated rings. The molecule has 2 rings (SSSR count). The fraction of sp³-hybridized carbons (Fsp3) is 0.500. The van der Waals surface area contributed by atoms with Crippen molar-refractivity contribution in [3.8, 4) is 0 Å². The quantitative estimate of drug-likeness (QED) is 0.498. The highest BCUT2D eigenvalue weighted by Crippen LogP contribution is 2.43. The van der Waals surface area contributed by atoms with E-state index in [-0.39, 0.29) is 5.54 Å². The van der Waals surface area contributed by atoms with Crippen molar-refractivity contribution in [2.24, 2.45) is 10.9 Å². The maximum absolute atomic E-state index is 4.28. The average Bonchev–Trinajstić information content (AvgIpc) is 2.60. The minimum Gasteiger partial charge on any atom is -0.282 e. The van der Waals surface area contributed by atoms with Crippen molar-refractivity contribution in [2.75, 3.05) is 0 Å². The lowest BCUT2D eigenvalue weighted by Gasteiger charge is -2.15. The van der Waals surface area contributed by atoms with Crippen molar-refractivity contribution in [3.63, 3.8) is 0 Å². The monoisotopic (exact) mass is 120 g/mol. The highest BCUT2D eigenvalue weighted by Gasteiger charge is 2.40. The minimum absolute atomic E-state index is 0.0556. The summed E-state index contributed by atoms with van der Waals surface area (Å²) in [6, 6.07) is 0. The van der Waals surface area contributed by atoms with Crippen LogP contribution in [0.5, 0.6) is 0 Å². The normalized spacial score (nSPS) is 40.1. The van der Waals surface area contributed by atoms with Crippen molar-refractivity contribution >= 4 is 6.21 Å². The Kier molecular flexibility index (Phi) is 0.850. The summed E-state index contributed by atoms with van der Waals surface area (Å²) in [5.41, 5.74) is -0.0556. The fourth-order valence-electron chi connectivity index (χ4n) is 1.26. The smallest absolute Gasteiger partial charge is 0.0820 e. The molecule has 0 amide bonds. The lowest BCUT2D eigenvalue weighted by Crippen LogP contribution is -2.19. The standard InChI is InChI=1S/C8H10N/c1-8(7-3-4-7)5-2-6-9-8/h2,5-7H,1,3-4H2. The van der Waals surface area contributed by atoms with E-state index in [1.54, 1.807) is 0 Å². The largest absolute Gasteiger partial charge is 0.282 e. The first-order valence-corrected chi connectivity index (χ1v) is 3.40. The number of hydrogen-bond donors (Lipinski definition) is 0. The Bertz CT molecular complexity index is 163. The van der Waals surface area contributed by atoms with E-state index in [1.165, 1.54) is 12.8 Å². The van der Waals surface area contributed by atoms with Crippen LogP contribution in [-0.2, 0) is 0 Å².